The summed E-state index contributed by atoms with van der Waals surface area (Å²) in [4.78, 5) is 7.60. The van der Waals surface area contributed by atoms with Crippen molar-refractivity contribution in [2.45, 2.75) is 31.6 Å². The summed E-state index contributed by atoms with van der Waals surface area (Å²) in [7, 11) is 0. The molecule has 2 saturated carbocycles. The number of nitrogens with one attached hydrogen (secondary N) is 1. The molecule has 1 aromatic heterocycles. The van der Waals surface area contributed by atoms with E-state index < -0.39 is 11.6 Å². The number of H-pyrrole nitrogens is 1. The van der Waals surface area contributed by atoms with Gasteiger partial charge in [-0.15, -0.1) is 0 Å². The normalized spacial score (nSPS) is 30.4. The monoisotopic (exact) mass is 248 g/mol. The number of rotatable bonds is 1. The minimum atomic E-state index is -0.825. The quantitative estimate of drug-likeness (QED) is 0.818. The van der Waals surface area contributed by atoms with E-state index in [9.17, 15) is 8.78 Å². The Hall–Kier alpha value is -1.45. The van der Waals surface area contributed by atoms with Crippen LogP contribution in [0.4, 0.5) is 8.78 Å². The largest absolute Gasteiger partial charge is 0.342 e. The Morgan fingerprint density at radius 3 is 2.44 bits per heavy atom. The van der Waals surface area contributed by atoms with E-state index in [1.54, 1.807) is 0 Å². The van der Waals surface area contributed by atoms with Gasteiger partial charge < -0.3 is 4.98 Å². The van der Waals surface area contributed by atoms with Crippen LogP contribution in [0, 0.1) is 23.5 Å². The zero-order valence-electron chi connectivity index (χ0n) is 9.92. The molecule has 0 spiro atoms. The van der Waals surface area contributed by atoms with Crippen LogP contribution in [0.1, 0.15) is 37.4 Å². The summed E-state index contributed by atoms with van der Waals surface area (Å²) in [5.41, 5.74) is 1.14. The number of aromatic nitrogens is 2. The van der Waals surface area contributed by atoms with Gasteiger partial charge in [0.05, 0.1) is 11.0 Å². The van der Waals surface area contributed by atoms with E-state index in [0.29, 0.717) is 17.0 Å². The van der Waals surface area contributed by atoms with Gasteiger partial charge in [-0.2, -0.15) is 0 Å². The number of benzene rings is 1. The van der Waals surface area contributed by atoms with Crippen molar-refractivity contribution in [2.75, 3.05) is 0 Å². The molecule has 0 radical (unpaired) electrons. The van der Waals surface area contributed by atoms with Crippen LogP contribution in [0.3, 0.4) is 0 Å². The lowest BCUT2D eigenvalue weighted by Gasteiger charge is -2.04. The second kappa shape index (κ2) is 3.53. The smallest absolute Gasteiger partial charge is 0.161 e. The SMILES string of the molecule is Fc1cc2nc(C3C4CCCCC43)[nH]c2cc1F. The molecule has 2 fully saturated rings. The van der Waals surface area contributed by atoms with Crippen molar-refractivity contribution in [3.63, 3.8) is 0 Å². The van der Waals surface area contributed by atoms with Gasteiger partial charge in [-0.3, -0.25) is 0 Å². The van der Waals surface area contributed by atoms with Crippen LogP contribution < -0.4 is 0 Å². The Bertz CT molecular complexity index is 569. The van der Waals surface area contributed by atoms with Gasteiger partial charge in [-0.05, 0) is 24.7 Å². The molecule has 0 saturated heterocycles. The maximum absolute atomic E-state index is 13.1. The van der Waals surface area contributed by atoms with Crippen LogP contribution in [-0.2, 0) is 0 Å². The van der Waals surface area contributed by atoms with Crippen LogP contribution in [0.15, 0.2) is 12.1 Å². The molecule has 0 bridgehead atoms. The molecule has 2 aromatic rings. The summed E-state index contributed by atoms with van der Waals surface area (Å²) in [5, 5.41) is 0. The van der Waals surface area contributed by atoms with Crippen molar-refractivity contribution in [1.29, 1.82) is 0 Å². The van der Waals surface area contributed by atoms with E-state index in [4.69, 9.17) is 0 Å². The summed E-state index contributed by atoms with van der Waals surface area (Å²) in [5.74, 6) is 1.26. The lowest BCUT2D eigenvalue weighted by Crippen LogP contribution is -1.91. The molecule has 94 valence electrons. The summed E-state index contributed by atoms with van der Waals surface area (Å²) >= 11 is 0. The third-order valence-electron chi connectivity index (χ3n) is 4.51. The summed E-state index contributed by atoms with van der Waals surface area (Å²) in [6, 6.07) is 2.38. The topological polar surface area (TPSA) is 28.7 Å². The fourth-order valence-electron chi connectivity index (χ4n) is 3.58. The van der Waals surface area contributed by atoms with Gasteiger partial charge in [0.15, 0.2) is 11.6 Å². The van der Waals surface area contributed by atoms with Gasteiger partial charge >= 0.3 is 0 Å². The molecule has 2 nitrogen and oxygen atoms in total. The highest BCUT2D eigenvalue weighted by Crippen LogP contribution is 2.60. The van der Waals surface area contributed by atoms with Crippen molar-refractivity contribution >= 4 is 11.0 Å². The second-order valence-electron chi connectivity index (χ2n) is 5.54. The lowest BCUT2D eigenvalue weighted by molar-refractivity contribution is 0.480. The Kier molecular flexibility index (Phi) is 2.05. The average molecular weight is 248 g/mol. The first-order valence-corrected chi connectivity index (χ1v) is 6.59. The van der Waals surface area contributed by atoms with Crippen molar-refractivity contribution < 1.29 is 8.78 Å². The van der Waals surface area contributed by atoms with E-state index >= 15 is 0 Å². The molecular weight excluding hydrogens is 234 g/mol. The number of imidazole rings is 1. The molecule has 0 aliphatic heterocycles. The van der Waals surface area contributed by atoms with Crippen LogP contribution in [0.25, 0.3) is 11.0 Å². The third kappa shape index (κ3) is 1.41. The molecule has 4 heteroatoms. The van der Waals surface area contributed by atoms with Crippen molar-refractivity contribution in [3.05, 3.63) is 29.6 Å². The van der Waals surface area contributed by atoms with E-state index in [1.165, 1.54) is 37.8 Å². The molecule has 2 aliphatic rings. The van der Waals surface area contributed by atoms with Gasteiger partial charge in [-0.25, -0.2) is 13.8 Å². The fraction of sp³-hybridized carbons (Fsp3) is 0.500. The molecule has 1 heterocycles. The Labute approximate surface area is 103 Å². The van der Waals surface area contributed by atoms with Crippen LogP contribution >= 0.6 is 0 Å². The first-order valence-electron chi connectivity index (χ1n) is 6.59. The summed E-state index contributed by atoms with van der Waals surface area (Å²) in [6.45, 7) is 0. The Balaban J connectivity index is 1.74. The third-order valence-corrected chi connectivity index (χ3v) is 4.51. The molecule has 2 aliphatic carbocycles. The molecule has 18 heavy (non-hydrogen) atoms. The van der Waals surface area contributed by atoms with Crippen LogP contribution in [0.5, 0.6) is 0 Å². The number of halogens is 2. The highest BCUT2D eigenvalue weighted by atomic mass is 19.2. The first-order chi connectivity index (χ1) is 8.74. The van der Waals surface area contributed by atoms with Crippen molar-refractivity contribution in [3.8, 4) is 0 Å². The average Bonchev–Trinajstić information content (AvgIpc) is 2.97. The number of fused-ring (bicyclic) bond motifs is 2. The highest BCUT2D eigenvalue weighted by molar-refractivity contribution is 5.75. The molecule has 2 unspecified atom stereocenters. The van der Waals surface area contributed by atoms with Crippen molar-refractivity contribution in [1.82, 2.24) is 9.97 Å². The number of aromatic amines is 1. The summed E-state index contributed by atoms with van der Waals surface area (Å²) in [6.07, 6.45) is 5.16. The van der Waals surface area contributed by atoms with E-state index in [1.807, 2.05) is 0 Å². The molecular formula is C14H14F2N2. The summed E-state index contributed by atoms with van der Waals surface area (Å²) < 4.78 is 26.3. The van der Waals surface area contributed by atoms with Crippen LogP contribution in [0.2, 0.25) is 0 Å². The predicted molar refractivity (Wildman–Crippen MR) is 64.2 cm³/mol. The first kappa shape index (κ1) is 10.5. The van der Waals surface area contributed by atoms with Gasteiger partial charge in [0.25, 0.3) is 0 Å². The van der Waals surface area contributed by atoms with Gasteiger partial charge in [-0.1, -0.05) is 12.8 Å². The minimum absolute atomic E-state index is 0.492. The maximum atomic E-state index is 13.1. The Morgan fingerprint density at radius 1 is 1.06 bits per heavy atom. The molecule has 0 amide bonds. The van der Waals surface area contributed by atoms with Gasteiger partial charge in [0.1, 0.15) is 5.82 Å². The highest BCUT2D eigenvalue weighted by Gasteiger charge is 2.52. The Morgan fingerprint density at radius 2 is 1.72 bits per heavy atom. The van der Waals surface area contributed by atoms with E-state index in [2.05, 4.69) is 9.97 Å². The molecule has 1 N–H and O–H groups in total. The molecule has 2 atom stereocenters. The van der Waals surface area contributed by atoms with E-state index in [0.717, 1.165) is 17.7 Å². The molecule has 4 rings (SSSR count). The number of hydrogen-bond donors (Lipinski definition) is 1. The lowest BCUT2D eigenvalue weighted by atomic mass is 10.0. The standard InChI is InChI=1S/C14H14F2N2/c15-9-5-11-12(6-10(9)16)18-14(17-11)13-7-3-1-2-4-8(7)13/h5-8,13H,1-4H2,(H,17,18). The second-order valence-corrected chi connectivity index (χ2v) is 5.54. The minimum Gasteiger partial charge on any atom is -0.342 e. The zero-order valence-corrected chi connectivity index (χ0v) is 9.92. The van der Waals surface area contributed by atoms with Crippen LogP contribution in [-0.4, -0.2) is 9.97 Å². The van der Waals surface area contributed by atoms with Gasteiger partial charge in [0, 0.05) is 18.1 Å². The number of nitrogens with zero attached hydrogens (tertiary/aromatic N) is 1. The maximum Gasteiger partial charge on any atom is 0.161 e. The number of hydrogen-bond acceptors (Lipinski definition) is 1. The zero-order chi connectivity index (χ0) is 12.3. The molecule has 1 aromatic carbocycles. The van der Waals surface area contributed by atoms with E-state index in [-0.39, 0.29) is 0 Å². The fourth-order valence-corrected chi connectivity index (χ4v) is 3.58. The predicted octanol–water partition coefficient (Wildman–Crippen LogP) is 3.74. The van der Waals surface area contributed by atoms with Crippen molar-refractivity contribution in [2.24, 2.45) is 11.8 Å². The van der Waals surface area contributed by atoms with Gasteiger partial charge in [0.2, 0.25) is 0 Å².